The van der Waals surface area contributed by atoms with Crippen molar-refractivity contribution in [3.8, 4) is 11.5 Å². The van der Waals surface area contributed by atoms with Gasteiger partial charge in [0, 0.05) is 16.9 Å². The SMILES string of the molecule is O=C(C[C@H]1Sc2ccccc2NC1=O)NNC(=O)c1ccc2c(c1)OCO2. The number of fused-ring (bicyclic) bond motifs is 2. The van der Waals surface area contributed by atoms with Crippen LogP contribution in [0.5, 0.6) is 11.5 Å². The summed E-state index contributed by atoms with van der Waals surface area (Å²) in [5, 5.41) is 2.21. The van der Waals surface area contributed by atoms with E-state index in [1.807, 2.05) is 24.3 Å². The molecule has 0 unspecified atom stereocenters. The molecule has 2 aromatic carbocycles. The molecule has 27 heavy (non-hydrogen) atoms. The molecule has 3 N–H and O–H groups in total. The zero-order chi connectivity index (χ0) is 18.8. The Morgan fingerprint density at radius 2 is 1.93 bits per heavy atom. The monoisotopic (exact) mass is 385 g/mol. The predicted octanol–water partition coefficient (Wildman–Crippen LogP) is 1.68. The Morgan fingerprint density at radius 1 is 1.11 bits per heavy atom. The number of amides is 3. The third-order valence-electron chi connectivity index (χ3n) is 4.03. The number of thioether (sulfide) groups is 1. The van der Waals surface area contributed by atoms with Gasteiger partial charge in [-0.05, 0) is 30.3 Å². The third-order valence-corrected chi connectivity index (χ3v) is 5.30. The Hall–Kier alpha value is -3.20. The first-order valence-electron chi connectivity index (χ1n) is 8.15. The van der Waals surface area contributed by atoms with E-state index >= 15 is 0 Å². The smallest absolute Gasteiger partial charge is 0.269 e. The third kappa shape index (κ3) is 3.68. The number of hydrogen-bond acceptors (Lipinski definition) is 6. The molecule has 0 saturated carbocycles. The van der Waals surface area contributed by atoms with Crippen LogP contribution in [0, 0.1) is 0 Å². The van der Waals surface area contributed by atoms with Gasteiger partial charge in [0.1, 0.15) is 0 Å². The van der Waals surface area contributed by atoms with Gasteiger partial charge in [-0.2, -0.15) is 0 Å². The quantitative estimate of drug-likeness (QED) is 0.694. The molecular formula is C18H15N3O5S. The van der Waals surface area contributed by atoms with Crippen LogP contribution in [-0.2, 0) is 9.59 Å². The first-order chi connectivity index (χ1) is 13.1. The van der Waals surface area contributed by atoms with E-state index in [0.29, 0.717) is 17.1 Å². The molecular weight excluding hydrogens is 370 g/mol. The first kappa shape index (κ1) is 17.2. The van der Waals surface area contributed by atoms with E-state index < -0.39 is 17.1 Å². The second-order valence-electron chi connectivity index (χ2n) is 5.87. The fraction of sp³-hybridized carbons (Fsp3) is 0.167. The van der Waals surface area contributed by atoms with Gasteiger partial charge in [0.25, 0.3) is 5.91 Å². The Morgan fingerprint density at radius 3 is 2.81 bits per heavy atom. The van der Waals surface area contributed by atoms with Crippen LogP contribution >= 0.6 is 11.8 Å². The van der Waals surface area contributed by atoms with Crippen molar-refractivity contribution < 1.29 is 23.9 Å². The Bertz CT molecular complexity index is 933. The van der Waals surface area contributed by atoms with Crippen LogP contribution in [0.3, 0.4) is 0 Å². The number of rotatable bonds is 3. The summed E-state index contributed by atoms with van der Waals surface area (Å²) >= 11 is 1.32. The highest BCUT2D eigenvalue weighted by Crippen LogP contribution is 2.36. The number of benzene rings is 2. The van der Waals surface area contributed by atoms with E-state index in [-0.39, 0.29) is 19.1 Å². The highest BCUT2D eigenvalue weighted by atomic mass is 32.2. The van der Waals surface area contributed by atoms with Crippen molar-refractivity contribution in [1.82, 2.24) is 10.9 Å². The van der Waals surface area contributed by atoms with Gasteiger partial charge >= 0.3 is 0 Å². The summed E-state index contributed by atoms with van der Waals surface area (Å²) in [5.74, 6) is -0.154. The molecule has 2 aromatic rings. The number of ether oxygens (including phenoxy) is 2. The Labute approximate surface area is 158 Å². The molecule has 0 aromatic heterocycles. The molecule has 3 amide bonds. The second kappa shape index (κ2) is 7.20. The van der Waals surface area contributed by atoms with Gasteiger partial charge in [-0.15, -0.1) is 11.8 Å². The van der Waals surface area contributed by atoms with Crippen LogP contribution < -0.4 is 25.6 Å². The molecule has 0 spiro atoms. The fourth-order valence-corrected chi connectivity index (χ4v) is 3.79. The summed E-state index contributed by atoms with van der Waals surface area (Å²) in [6.07, 6.45) is -0.0632. The average molecular weight is 385 g/mol. The molecule has 2 aliphatic rings. The topological polar surface area (TPSA) is 106 Å². The molecule has 9 heteroatoms. The number of carbonyl (C=O) groups excluding carboxylic acids is 3. The van der Waals surface area contributed by atoms with Crippen molar-refractivity contribution in [1.29, 1.82) is 0 Å². The minimum Gasteiger partial charge on any atom is -0.454 e. The summed E-state index contributed by atoms with van der Waals surface area (Å²) in [6, 6.07) is 12.1. The van der Waals surface area contributed by atoms with Crippen LogP contribution in [-0.4, -0.2) is 29.8 Å². The van der Waals surface area contributed by atoms with Gasteiger partial charge in [-0.3, -0.25) is 25.2 Å². The van der Waals surface area contributed by atoms with Crippen LogP contribution in [0.2, 0.25) is 0 Å². The van der Waals surface area contributed by atoms with Crippen molar-refractivity contribution in [2.75, 3.05) is 12.1 Å². The Balaban J connectivity index is 1.32. The van der Waals surface area contributed by atoms with E-state index in [1.54, 1.807) is 12.1 Å². The van der Waals surface area contributed by atoms with Gasteiger partial charge in [-0.1, -0.05) is 12.1 Å². The lowest BCUT2D eigenvalue weighted by molar-refractivity contribution is -0.124. The number of para-hydroxylation sites is 1. The van der Waals surface area contributed by atoms with Gasteiger partial charge in [-0.25, -0.2) is 0 Å². The average Bonchev–Trinajstić information content (AvgIpc) is 3.14. The predicted molar refractivity (Wildman–Crippen MR) is 97.5 cm³/mol. The maximum absolute atomic E-state index is 12.2. The van der Waals surface area contributed by atoms with Crippen molar-refractivity contribution in [3.63, 3.8) is 0 Å². The zero-order valence-electron chi connectivity index (χ0n) is 14.0. The molecule has 0 fully saturated rings. The standard InChI is InChI=1S/C18H15N3O5S/c22-16(8-15-18(24)19-11-3-1-2-4-14(11)27-15)20-21-17(23)10-5-6-12-13(7-10)26-9-25-12/h1-7,15H,8-9H2,(H,19,24)(H,20,22)(H,21,23)/t15-/m1/s1. The lowest BCUT2D eigenvalue weighted by atomic mass is 10.2. The Kier molecular flexibility index (Phi) is 4.59. The van der Waals surface area contributed by atoms with Crippen molar-refractivity contribution >= 4 is 35.2 Å². The van der Waals surface area contributed by atoms with Gasteiger partial charge in [0.15, 0.2) is 11.5 Å². The van der Waals surface area contributed by atoms with Crippen LogP contribution in [0.15, 0.2) is 47.4 Å². The highest BCUT2D eigenvalue weighted by Gasteiger charge is 2.29. The zero-order valence-corrected chi connectivity index (χ0v) is 14.8. The fourth-order valence-electron chi connectivity index (χ4n) is 2.68. The second-order valence-corrected chi connectivity index (χ2v) is 7.11. The summed E-state index contributed by atoms with van der Waals surface area (Å²) < 4.78 is 10.4. The lowest BCUT2D eigenvalue weighted by Gasteiger charge is -2.23. The van der Waals surface area contributed by atoms with Crippen LogP contribution in [0.4, 0.5) is 5.69 Å². The number of anilines is 1. The van der Waals surface area contributed by atoms with Gasteiger partial charge < -0.3 is 14.8 Å². The molecule has 0 bridgehead atoms. The molecule has 2 aliphatic heterocycles. The van der Waals surface area contributed by atoms with E-state index in [9.17, 15) is 14.4 Å². The maximum Gasteiger partial charge on any atom is 0.269 e. The lowest BCUT2D eigenvalue weighted by Crippen LogP contribution is -2.44. The van der Waals surface area contributed by atoms with E-state index in [4.69, 9.17) is 9.47 Å². The minimum absolute atomic E-state index is 0.0632. The first-order valence-corrected chi connectivity index (χ1v) is 9.03. The summed E-state index contributed by atoms with van der Waals surface area (Å²) in [5.41, 5.74) is 5.73. The molecule has 2 heterocycles. The summed E-state index contributed by atoms with van der Waals surface area (Å²) in [6.45, 7) is 0.112. The molecule has 0 saturated heterocycles. The van der Waals surface area contributed by atoms with Crippen molar-refractivity contribution in [2.45, 2.75) is 16.6 Å². The van der Waals surface area contributed by atoms with E-state index in [0.717, 1.165) is 10.6 Å². The van der Waals surface area contributed by atoms with E-state index in [2.05, 4.69) is 16.2 Å². The maximum atomic E-state index is 12.2. The minimum atomic E-state index is -0.567. The number of carbonyl (C=O) groups is 3. The molecule has 1 atom stereocenters. The van der Waals surface area contributed by atoms with Gasteiger partial charge in [0.2, 0.25) is 18.6 Å². The van der Waals surface area contributed by atoms with E-state index in [1.165, 1.54) is 17.8 Å². The highest BCUT2D eigenvalue weighted by molar-refractivity contribution is 8.01. The number of nitrogens with one attached hydrogen (secondary N) is 3. The molecule has 138 valence electrons. The molecule has 4 rings (SSSR count). The van der Waals surface area contributed by atoms with Crippen LogP contribution in [0.1, 0.15) is 16.8 Å². The molecule has 0 aliphatic carbocycles. The number of hydrazine groups is 1. The van der Waals surface area contributed by atoms with Crippen LogP contribution in [0.25, 0.3) is 0 Å². The molecule has 8 nitrogen and oxygen atoms in total. The van der Waals surface area contributed by atoms with Crippen molar-refractivity contribution in [2.24, 2.45) is 0 Å². The van der Waals surface area contributed by atoms with Crippen molar-refractivity contribution in [3.05, 3.63) is 48.0 Å². The molecule has 0 radical (unpaired) electrons. The summed E-state index contributed by atoms with van der Waals surface area (Å²) in [7, 11) is 0. The number of hydrogen-bond donors (Lipinski definition) is 3. The van der Waals surface area contributed by atoms with Gasteiger partial charge in [0.05, 0.1) is 10.9 Å². The largest absolute Gasteiger partial charge is 0.454 e. The normalized spacial score (nSPS) is 16.9. The summed E-state index contributed by atoms with van der Waals surface area (Å²) in [4.78, 5) is 37.3.